The number of nitrogens with zero attached hydrogens (tertiary/aromatic N) is 2. The van der Waals surface area contributed by atoms with Gasteiger partial charge in [-0.2, -0.15) is 0 Å². The Hall–Kier alpha value is -2.14. The molecular formula is C18H21ClN4O. The smallest absolute Gasteiger partial charge is 0.270 e. The first-order chi connectivity index (χ1) is 11.7. The highest BCUT2D eigenvalue weighted by molar-refractivity contribution is 6.30. The lowest BCUT2D eigenvalue weighted by molar-refractivity contribution is 0.0932. The quantitative estimate of drug-likeness (QED) is 0.842. The summed E-state index contributed by atoms with van der Waals surface area (Å²) in [7, 11) is 0. The Morgan fingerprint density at radius 3 is 2.67 bits per heavy atom. The van der Waals surface area contributed by atoms with E-state index in [-0.39, 0.29) is 11.9 Å². The molecule has 6 heteroatoms. The van der Waals surface area contributed by atoms with E-state index in [0.717, 1.165) is 30.8 Å². The molecule has 1 saturated carbocycles. The molecule has 0 unspecified atom stereocenters. The highest BCUT2D eigenvalue weighted by atomic mass is 35.5. The molecule has 126 valence electrons. The molecule has 1 amide bonds. The van der Waals surface area contributed by atoms with Crippen molar-refractivity contribution in [1.29, 1.82) is 0 Å². The van der Waals surface area contributed by atoms with Crippen molar-refractivity contribution in [3.63, 3.8) is 0 Å². The molecule has 0 radical (unpaired) electrons. The lowest BCUT2D eigenvalue weighted by Gasteiger charge is -2.12. The summed E-state index contributed by atoms with van der Waals surface area (Å²) in [6.45, 7) is 0.725. The molecule has 3 rings (SSSR count). The van der Waals surface area contributed by atoms with E-state index in [1.807, 2.05) is 24.3 Å². The highest BCUT2D eigenvalue weighted by Crippen LogP contribution is 2.18. The number of hydrogen-bond donors (Lipinski definition) is 2. The molecule has 2 N–H and O–H groups in total. The molecule has 0 atom stereocenters. The van der Waals surface area contributed by atoms with Crippen LogP contribution in [0.2, 0.25) is 5.02 Å². The van der Waals surface area contributed by atoms with E-state index in [1.165, 1.54) is 24.7 Å². The summed E-state index contributed by atoms with van der Waals surface area (Å²) in [5, 5.41) is 7.01. The molecule has 2 aromatic rings. The predicted octanol–water partition coefficient (Wildman–Crippen LogP) is 3.46. The Balaban J connectivity index is 1.52. The van der Waals surface area contributed by atoms with Crippen LogP contribution in [-0.4, -0.2) is 28.5 Å². The summed E-state index contributed by atoms with van der Waals surface area (Å²) in [5.41, 5.74) is 1.60. The van der Waals surface area contributed by atoms with Crippen LogP contribution in [-0.2, 0) is 6.42 Å². The zero-order chi connectivity index (χ0) is 16.8. The fraction of sp³-hybridized carbons (Fsp3) is 0.389. The second-order valence-electron chi connectivity index (χ2n) is 6.05. The van der Waals surface area contributed by atoms with Gasteiger partial charge in [-0.05, 0) is 37.0 Å². The normalized spacial score (nSPS) is 14.5. The molecule has 1 aromatic carbocycles. The van der Waals surface area contributed by atoms with Crippen LogP contribution in [0.3, 0.4) is 0 Å². The molecule has 0 bridgehead atoms. The van der Waals surface area contributed by atoms with Crippen LogP contribution in [0.25, 0.3) is 0 Å². The molecule has 1 aromatic heterocycles. The van der Waals surface area contributed by atoms with Gasteiger partial charge in [-0.25, -0.2) is 9.97 Å². The summed E-state index contributed by atoms with van der Waals surface area (Å²) in [4.78, 5) is 20.5. The average Bonchev–Trinajstić information content (AvgIpc) is 3.10. The van der Waals surface area contributed by atoms with Crippen LogP contribution >= 0.6 is 11.6 Å². The minimum atomic E-state index is -0.120. The first-order valence-electron chi connectivity index (χ1n) is 8.32. The Morgan fingerprint density at radius 1 is 1.17 bits per heavy atom. The van der Waals surface area contributed by atoms with Crippen LogP contribution in [0.15, 0.2) is 36.7 Å². The van der Waals surface area contributed by atoms with Crippen LogP contribution in [0.5, 0.6) is 0 Å². The summed E-state index contributed by atoms with van der Waals surface area (Å²) >= 11 is 5.88. The second kappa shape index (κ2) is 8.11. The van der Waals surface area contributed by atoms with Gasteiger partial charge in [-0.3, -0.25) is 4.79 Å². The van der Waals surface area contributed by atoms with Crippen molar-refractivity contribution in [2.45, 2.75) is 38.1 Å². The molecule has 0 saturated heterocycles. The standard InChI is InChI=1S/C18H21ClN4O/c19-14-7-5-13(6-8-14)9-10-20-17-11-16(21-12-22-17)18(24)23-15-3-1-2-4-15/h5-8,11-12,15H,1-4,9-10H2,(H,23,24)(H,20,21,22). The Kier molecular flexibility index (Phi) is 5.64. The largest absolute Gasteiger partial charge is 0.370 e. The first kappa shape index (κ1) is 16.7. The van der Waals surface area contributed by atoms with Crippen molar-refractivity contribution in [2.75, 3.05) is 11.9 Å². The lowest BCUT2D eigenvalue weighted by atomic mass is 10.1. The van der Waals surface area contributed by atoms with Crippen molar-refractivity contribution in [3.05, 3.63) is 52.9 Å². The molecule has 5 nitrogen and oxygen atoms in total. The molecule has 0 aliphatic heterocycles. The predicted molar refractivity (Wildman–Crippen MR) is 95.4 cm³/mol. The summed E-state index contributed by atoms with van der Waals surface area (Å²) in [5.74, 6) is 0.542. The van der Waals surface area contributed by atoms with Gasteiger partial charge in [0, 0.05) is 23.7 Å². The van der Waals surface area contributed by atoms with E-state index in [0.29, 0.717) is 11.5 Å². The van der Waals surface area contributed by atoms with E-state index >= 15 is 0 Å². The molecule has 1 aliphatic rings. The van der Waals surface area contributed by atoms with Crippen molar-refractivity contribution in [2.24, 2.45) is 0 Å². The number of carbonyl (C=O) groups excluding carboxylic acids is 1. The van der Waals surface area contributed by atoms with Crippen molar-refractivity contribution in [3.8, 4) is 0 Å². The van der Waals surface area contributed by atoms with Crippen LogP contribution in [0.1, 0.15) is 41.7 Å². The van der Waals surface area contributed by atoms with E-state index in [2.05, 4.69) is 20.6 Å². The monoisotopic (exact) mass is 344 g/mol. The van der Waals surface area contributed by atoms with E-state index in [4.69, 9.17) is 11.6 Å². The van der Waals surface area contributed by atoms with Gasteiger partial charge in [0.05, 0.1) is 0 Å². The number of carbonyl (C=O) groups is 1. The molecule has 1 heterocycles. The molecule has 24 heavy (non-hydrogen) atoms. The van der Waals surface area contributed by atoms with Crippen LogP contribution in [0, 0.1) is 0 Å². The summed E-state index contributed by atoms with van der Waals surface area (Å²) in [6.07, 6.45) is 6.77. The molecule has 1 fully saturated rings. The van der Waals surface area contributed by atoms with E-state index in [9.17, 15) is 4.79 Å². The molecular weight excluding hydrogens is 324 g/mol. The van der Waals surface area contributed by atoms with Crippen molar-refractivity contribution in [1.82, 2.24) is 15.3 Å². The number of hydrogen-bond acceptors (Lipinski definition) is 4. The second-order valence-corrected chi connectivity index (χ2v) is 6.48. The maximum absolute atomic E-state index is 12.2. The van der Waals surface area contributed by atoms with Crippen LogP contribution < -0.4 is 10.6 Å². The van der Waals surface area contributed by atoms with Gasteiger partial charge in [-0.15, -0.1) is 0 Å². The van der Waals surface area contributed by atoms with Gasteiger partial charge >= 0.3 is 0 Å². The van der Waals surface area contributed by atoms with Crippen molar-refractivity contribution < 1.29 is 4.79 Å². The number of anilines is 1. The maximum Gasteiger partial charge on any atom is 0.270 e. The number of amides is 1. The first-order valence-corrected chi connectivity index (χ1v) is 8.70. The number of rotatable bonds is 6. The third-order valence-electron chi connectivity index (χ3n) is 4.22. The van der Waals surface area contributed by atoms with Gasteiger partial charge in [0.15, 0.2) is 0 Å². The lowest BCUT2D eigenvalue weighted by Crippen LogP contribution is -2.33. The average molecular weight is 345 g/mol. The van der Waals surface area contributed by atoms with Crippen molar-refractivity contribution >= 4 is 23.3 Å². The Labute approximate surface area is 146 Å². The summed E-state index contributed by atoms with van der Waals surface area (Å²) in [6, 6.07) is 9.76. The summed E-state index contributed by atoms with van der Waals surface area (Å²) < 4.78 is 0. The zero-order valence-corrected chi connectivity index (χ0v) is 14.2. The van der Waals surface area contributed by atoms with E-state index in [1.54, 1.807) is 6.07 Å². The third kappa shape index (κ3) is 4.68. The number of halogens is 1. The maximum atomic E-state index is 12.2. The van der Waals surface area contributed by atoms with Gasteiger partial charge in [0.1, 0.15) is 17.8 Å². The van der Waals surface area contributed by atoms with E-state index < -0.39 is 0 Å². The van der Waals surface area contributed by atoms with Gasteiger partial charge in [0.25, 0.3) is 5.91 Å². The molecule has 1 aliphatic carbocycles. The third-order valence-corrected chi connectivity index (χ3v) is 4.48. The Morgan fingerprint density at radius 2 is 1.92 bits per heavy atom. The number of aromatic nitrogens is 2. The Bertz CT molecular complexity index is 684. The minimum Gasteiger partial charge on any atom is -0.370 e. The van der Waals surface area contributed by atoms with Crippen LogP contribution in [0.4, 0.5) is 5.82 Å². The minimum absolute atomic E-state index is 0.120. The van der Waals surface area contributed by atoms with Gasteiger partial charge in [0.2, 0.25) is 0 Å². The van der Waals surface area contributed by atoms with Gasteiger partial charge in [-0.1, -0.05) is 36.6 Å². The highest BCUT2D eigenvalue weighted by Gasteiger charge is 2.18. The zero-order valence-electron chi connectivity index (χ0n) is 13.5. The fourth-order valence-corrected chi connectivity index (χ4v) is 3.02. The van der Waals surface area contributed by atoms with Gasteiger partial charge < -0.3 is 10.6 Å². The topological polar surface area (TPSA) is 66.9 Å². The fourth-order valence-electron chi connectivity index (χ4n) is 2.89. The number of nitrogens with one attached hydrogen (secondary N) is 2. The number of benzene rings is 1. The molecule has 0 spiro atoms. The SMILES string of the molecule is O=C(NC1CCCC1)c1cc(NCCc2ccc(Cl)cc2)ncn1.